The lowest BCUT2D eigenvalue weighted by Gasteiger charge is -2.28. The Labute approximate surface area is 111 Å². The molecule has 2 rings (SSSR count). The Balaban J connectivity index is 1.87. The molecule has 0 spiro atoms. The summed E-state index contributed by atoms with van der Waals surface area (Å²) in [6, 6.07) is 10.7. The largest absolute Gasteiger partial charge is 0.371 e. The van der Waals surface area contributed by atoms with E-state index in [0.29, 0.717) is 12.2 Å². The van der Waals surface area contributed by atoms with Crippen molar-refractivity contribution in [1.29, 1.82) is 0 Å². The highest BCUT2D eigenvalue weighted by molar-refractivity contribution is 5.16. The zero-order valence-electron chi connectivity index (χ0n) is 11.6. The van der Waals surface area contributed by atoms with Crippen molar-refractivity contribution >= 4 is 0 Å². The van der Waals surface area contributed by atoms with E-state index in [1.54, 1.807) is 0 Å². The average molecular weight is 244 g/mol. The number of benzene rings is 1. The molecule has 0 radical (unpaired) electrons. The van der Waals surface area contributed by atoms with E-state index in [0.717, 1.165) is 19.3 Å². The molecule has 0 amide bonds. The van der Waals surface area contributed by atoms with Crippen molar-refractivity contribution < 1.29 is 4.74 Å². The van der Waals surface area contributed by atoms with Crippen molar-refractivity contribution in [2.45, 2.75) is 58.2 Å². The first-order chi connectivity index (χ1) is 8.78. The van der Waals surface area contributed by atoms with Crippen LogP contribution in [0.25, 0.3) is 0 Å². The van der Waals surface area contributed by atoms with Crippen LogP contribution in [0, 0.1) is 0 Å². The first kappa shape index (κ1) is 13.4. The van der Waals surface area contributed by atoms with Crippen LogP contribution in [0.5, 0.6) is 0 Å². The van der Waals surface area contributed by atoms with Gasteiger partial charge in [-0.3, -0.25) is 0 Å². The lowest BCUT2D eigenvalue weighted by atomic mass is 9.98. The maximum absolute atomic E-state index is 6.14. The van der Waals surface area contributed by atoms with Crippen LogP contribution in [-0.2, 0) is 11.2 Å². The first-order valence-electron chi connectivity index (χ1n) is 7.14. The Morgan fingerprint density at radius 3 is 2.67 bits per heavy atom. The van der Waals surface area contributed by atoms with Crippen molar-refractivity contribution in [3.8, 4) is 0 Å². The molecule has 1 heteroatoms. The summed E-state index contributed by atoms with van der Waals surface area (Å²) in [5, 5.41) is 0. The summed E-state index contributed by atoms with van der Waals surface area (Å²) >= 11 is 0. The monoisotopic (exact) mass is 244 g/mol. The quantitative estimate of drug-likeness (QED) is 0.692. The second kappa shape index (κ2) is 6.75. The standard InChI is InChI=1S/C17H24O/c1-3-7-16-12-14(2)13-17(18-16)11-10-15-8-5-4-6-9-15/h4-6,8-9,13,16-17H,3,7,10-12H2,1-2H3/t16-,17-/m1/s1. The maximum atomic E-state index is 6.14. The Morgan fingerprint density at radius 1 is 1.17 bits per heavy atom. The van der Waals surface area contributed by atoms with E-state index in [2.05, 4.69) is 50.3 Å². The van der Waals surface area contributed by atoms with Crippen LogP contribution < -0.4 is 0 Å². The van der Waals surface area contributed by atoms with Crippen LogP contribution in [0.1, 0.15) is 45.1 Å². The molecule has 0 N–H and O–H groups in total. The number of ether oxygens (including phenoxy) is 1. The second-order valence-corrected chi connectivity index (χ2v) is 5.33. The van der Waals surface area contributed by atoms with Gasteiger partial charge in [0.1, 0.15) is 0 Å². The highest BCUT2D eigenvalue weighted by atomic mass is 16.5. The molecule has 1 heterocycles. The molecule has 0 fully saturated rings. The lowest BCUT2D eigenvalue weighted by molar-refractivity contribution is -0.00508. The van der Waals surface area contributed by atoms with Crippen molar-refractivity contribution in [1.82, 2.24) is 0 Å². The summed E-state index contributed by atoms with van der Waals surface area (Å²) in [4.78, 5) is 0. The highest BCUT2D eigenvalue weighted by Gasteiger charge is 2.20. The number of aryl methyl sites for hydroxylation is 1. The van der Waals surface area contributed by atoms with E-state index in [9.17, 15) is 0 Å². The van der Waals surface area contributed by atoms with Crippen LogP contribution in [0.2, 0.25) is 0 Å². The van der Waals surface area contributed by atoms with E-state index in [1.165, 1.54) is 24.0 Å². The van der Waals surface area contributed by atoms with Crippen LogP contribution in [0.4, 0.5) is 0 Å². The molecule has 98 valence electrons. The van der Waals surface area contributed by atoms with E-state index in [1.807, 2.05) is 0 Å². The summed E-state index contributed by atoms with van der Waals surface area (Å²) in [6.45, 7) is 4.47. The number of hydrogen-bond acceptors (Lipinski definition) is 1. The first-order valence-corrected chi connectivity index (χ1v) is 7.14. The van der Waals surface area contributed by atoms with Crippen molar-refractivity contribution in [2.24, 2.45) is 0 Å². The van der Waals surface area contributed by atoms with Gasteiger partial charge in [-0.05, 0) is 38.2 Å². The minimum absolute atomic E-state index is 0.315. The Hall–Kier alpha value is -1.08. The Kier molecular flexibility index (Phi) is 5.00. The van der Waals surface area contributed by atoms with Gasteiger partial charge in [0.05, 0.1) is 12.2 Å². The molecular formula is C17H24O. The molecular weight excluding hydrogens is 220 g/mol. The molecule has 1 aromatic carbocycles. The van der Waals surface area contributed by atoms with Gasteiger partial charge >= 0.3 is 0 Å². The minimum Gasteiger partial charge on any atom is -0.371 e. The molecule has 18 heavy (non-hydrogen) atoms. The molecule has 1 nitrogen and oxygen atoms in total. The van der Waals surface area contributed by atoms with Gasteiger partial charge < -0.3 is 4.74 Å². The summed E-state index contributed by atoms with van der Waals surface area (Å²) < 4.78 is 6.14. The van der Waals surface area contributed by atoms with Crippen LogP contribution in [0.15, 0.2) is 42.0 Å². The van der Waals surface area contributed by atoms with Gasteiger partial charge in [-0.2, -0.15) is 0 Å². The smallest absolute Gasteiger partial charge is 0.0765 e. The third-order valence-corrected chi connectivity index (χ3v) is 3.56. The summed E-state index contributed by atoms with van der Waals surface area (Å²) in [5.41, 5.74) is 2.91. The fourth-order valence-corrected chi connectivity index (χ4v) is 2.68. The molecule has 2 atom stereocenters. The molecule has 0 bridgehead atoms. The van der Waals surface area contributed by atoms with Gasteiger partial charge in [-0.15, -0.1) is 0 Å². The third-order valence-electron chi connectivity index (χ3n) is 3.56. The normalized spacial score (nSPS) is 23.8. The Morgan fingerprint density at radius 2 is 1.94 bits per heavy atom. The topological polar surface area (TPSA) is 9.23 Å². The van der Waals surface area contributed by atoms with Gasteiger partial charge in [-0.1, -0.05) is 55.3 Å². The van der Waals surface area contributed by atoms with E-state index in [-0.39, 0.29) is 0 Å². The predicted octanol–water partition coefficient (Wildman–Crippen LogP) is 4.52. The van der Waals surface area contributed by atoms with Gasteiger partial charge in [-0.25, -0.2) is 0 Å². The molecule has 0 saturated heterocycles. The van der Waals surface area contributed by atoms with Crippen LogP contribution >= 0.6 is 0 Å². The molecule has 1 aliphatic heterocycles. The van der Waals surface area contributed by atoms with Gasteiger partial charge in [0.2, 0.25) is 0 Å². The van der Waals surface area contributed by atoms with Crippen LogP contribution in [-0.4, -0.2) is 12.2 Å². The maximum Gasteiger partial charge on any atom is 0.0765 e. The summed E-state index contributed by atoms with van der Waals surface area (Å²) in [7, 11) is 0. The molecule has 0 aromatic heterocycles. The molecule has 0 saturated carbocycles. The molecule has 0 unspecified atom stereocenters. The van der Waals surface area contributed by atoms with Gasteiger partial charge in [0.15, 0.2) is 0 Å². The molecule has 1 aliphatic rings. The number of rotatable bonds is 5. The minimum atomic E-state index is 0.315. The van der Waals surface area contributed by atoms with Crippen molar-refractivity contribution in [3.05, 3.63) is 47.5 Å². The fraction of sp³-hybridized carbons (Fsp3) is 0.529. The highest BCUT2D eigenvalue weighted by Crippen LogP contribution is 2.24. The molecule has 0 aliphatic carbocycles. The second-order valence-electron chi connectivity index (χ2n) is 5.33. The number of hydrogen-bond donors (Lipinski definition) is 0. The zero-order valence-corrected chi connectivity index (χ0v) is 11.6. The summed E-state index contributed by atoms with van der Waals surface area (Å²) in [5.74, 6) is 0. The molecule has 1 aromatic rings. The lowest BCUT2D eigenvalue weighted by Crippen LogP contribution is -2.26. The van der Waals surface area contributed by atoms with Gasteiger partial charge in [0.25, 0.3) is 0 Å². The average Bonchev–Trinajstić information content (AvgIpc) is 2.37. The predicted molar refractivity (Wildman–Crippen MR) is 76.7 cm³/mol. The zero-order chi connectivity index (χ0) is 12.8. The SMILES string of the molecule is CCC[C@@H]1CC(C)=C[C@@H](CCc2ccccc2)O1. The van der Waals surface area contributed by atoms with Gasteiger partial charge in [0, 0.05) is 0 Å². The fourth-order valence-electron chi connectivity index (χ4n) is 2.68. The van der Waals surface area contributed by atoms with E-state index < -0.39 is 0 Å². The van der Waals surface area contributed by atoms with Crippen molar-refractivity contribution in [2.75, 3.05) is 0 Å². The van der Waals surface area contributed by atoms with Crippen molar-refractivity contribution in [3.63, 3.8) is 0 Å². The summed E-state index contributed by atoms with van der Waals surface area (Å²) in [6.07, 6.45) is 8.80. The van der Waals surface area contributed by atoms with Crippen LogP contribution in [0.3, 0.4) is 0 Å². The van der Waals surface area contributed by atoms with E-state index in [4.69, 9.17) is 4.74 Å². The Bertz CT molecular complexity index is 380. The third kappa shape index (κ3) is 3.99. The van der Waals surface area contributed by atoms with E-state index >= 15 is 0 Å².